The highest BCUT2D eigenvalue weighted by Gasteiger charge is 2.59. The van der Waals surface area contributed by atoms with Crippen LogP contribution in [0.2, 0.25) is 0 Å². The molecule has 0 saturated heterocycles. The van der Waals surface area contributed by atoms with Crippen molar-refractivity contribution >= 4 is 0 Å². The van der Waals surface area contributed by atoms with E-state index in [0.29, 0.717) is 16.9 Å². The zero-order chi connectivity index (χ0) is 17.8. The zero-order valence-corrected chi connectivity index (χ0v) is 16.6. The van der Waals surface area contributed by atoms with Crippen LogP contribution in [0.3, 0.4) is 0 Å². The molecule has 6 atom stereocenters. The van der Waals surface area contributed by atoms with Gasteiger partial charge in [-0.25, -0.2) is 0 Å². The third kappa shape index (κ3) is 2.56. The van der Waals surface area contributed by atoms with E-state index in [-0.39, 0.29) is 0 Å². The van der Waals surface area contributed by atoms with Crippen molar-refractivity contribution < 1.29 is 4.74 Å². The highest BCUT2D eigenvalue weighted by Crippen LogP contribution is 2.66. The van der Waals surface area contributed by atoms with Crippen LogP contribution in [0.4, 0.5) is 0 Å². The van der Waals surface area contributed by atoms with Crippen LogP contribution in [0.1, 0.15) is 78.6 Å². The first kappa shape index (κ1) is 17.4. The Hall–Kier alpha value is -0.980. The Morgan fingerprint density at radius 1 is 1.12 bits per heavy atom. The lowest BCUT2D eigenvalue weighted by molar-refractivity contribution is -0.0811. The monoisotopic (exact) mass is 340 g/mol. The first-order valence-corrected chi connectivity index (χ1v) is 10.6. The van der Waals surface area contributed by atoms with Crippen molar-refractivity contribution in [2.75, 3.05) is 0 Å². The van der Waals surface area contributed by atoms with Crippen LogP contribution in [-0.2, 0) is 4.74 Å². The number of hydrogen-bond donors (Lipinski definition) is 0. The van der Waals surface area contributed by atoms with Gasteiger partial charge in [-0.3, -0.25) is 0 Å². The maximum absolute atomic E-state index is 6.34. The predicted molar refractivity (Wildman–Crippen MR) is 105 cm³/mol. The molecule has 0 aromatic heterocycles. The third-order valence-electron chi connectivity index (χ3n) is 8.70. The molecule has 3 fully saturated rings. The zero-order valence-electron chi connectivity index (χ0n) is 16.6. The van der Waals surface area contributed by atoms with Crippen LogP contribution >= 0.6 is 0 Å². The standard InChI is InChI=1S/C24H36O/c1-6-17(3)25-22-10-9-20-19-8-7-18-15-16(2)11-13-23(18,4)21(19)12-14-24(20,22)5/h15,19-22H,2-3,6-14H2,1,4-5H3. The maximum atomic E-state index is 6.34. The van der Waals surface area contributed by atoms with Gasteiger partial charge < -0.3 is 4.74 Å². The smallest absolute Gasteiger partial charge is 0.104 e. The summed E-state index contributed by atoms with van der Waals surface area (Å²) in [6.07, 6.45) is 14.3. The largest absolute Gasteiger partial charge is 0.495 e. The fraction of sp³-hybridized carbons (Fsp3) is 0.750. The molecular weight excluding hydrogens is 304 g/mol. The Bertz CT molecular complexity index is 614. The predicted octanol–water partition coefficient (Wildman–Crippen LogP) is 6.81. The van der Waals surface area contributed by atoms with Gasteiger partial charge in [0, 0.05) is 11.8 Å². The molecule has 25 heavy (non-hydrogen) atoms. The van der Waals surface area contributed by atoms with Gasteiger partial charge in [-0.1, -0.05) is 51.2 Å². The molecule has 6 unspecified atom stereocenters. The second-order valence-corrected chi connectivity index (χ2v) is 9.78. The summed E-state index contributed by atoms with van der Waals surface area (Å²) in [4.78, 5) is 0. The molecular formula is C24H36O. The van der Waals surface area contributed by atoms with Gasteiger partial charge in [-0.05, 0) is 74.5 Å². The first-order chi connectivity index (χ1) is 11.9. The highest BCUT2D eigenvalue weighted by molar-refractivity contribution is 5.33. The maximum Gasteiger partial charge on any atom is 0.104 e. The summed E-state index contributed by atoms with van der Waals surface area (Å²) in [7, 11) is 0. The molecule has 1 nitrogen and oxygen atoms in total. The van der Waals surface area contributed by atoms with Crippen LogP contribution in [0, 0.1) is 28.6 Å². The van der Waals surface area contributed by atoms with E-state index >= 15 is 0 Å². The van der Waals surface area contributed by atoms with Crippen molar-refractivity contribution in [3.05, 3.63) is 36.1 Å². The highest BCUT2D eigenvalue weighted by atomic mass is 16.5. The summed E-state index contributed by atoms with van der Waals surface area (Å²) in [6, 6.07) is 0. The molecule has 4 aliphatic carbocycles. The van der Waals surface area contributed by atoms with Crippen molar-refractivity contribution in [3.8, 4) is 0 Å². The van der Waals surface area contributed by atoms with Crippen molar-refractivity contribution in [1.82, 2.24) is 0 Å². The number of ether oxygens (including phenoxy) is 1. The van der Waals surface area contributed by atoms with Gasteiger partial charge in [0.05, 0.1) is 5.76 Å². The van der Waals surface area contributed by atoms with Crippen LogP contribution in [0.5, 0.6) is 0 Å². The minimum atomic E-state index is 0.370. The van der Waals surface area contributed by atoms with Crippen molar-refractivity contribution in [3.63, 3.8) is 0 Å². The molecule has 0 bridgehead atoms. The van der Waals surface area contributed by atoms with E-state index in [4.69, 9.17) is 4.74 Å². The number of hydrogen-bond acceptors (Lipinski definition) is 1. The Morgan fingerprint density at radius 2 is 1.92 bits per heavy atom. The minimum Gasteiger partial charge on any atom is -0.495 e. The summed E-state index contributed by atoms with van der Waals surface area (Å²) in [5.41, 5.74) is 3.89. The topological polar surface area (TPSA) is 9.23 Å². The molecule has 0 spiro atoms. The van der Waals surface area contributed by atoms with Crippen LogP contribution in [0.25, 0.3) is 0 Å². The van der Waals surface area contributed by atoms with E-state index in [9.17, 15) is 0 Å². The van der Waals surface area contributed by atoms with Gasteiger partial charge in [0.1, 0.15) is 6.10 Å². The third-order valence-corrected chi connectivity index (χ3v) is 8.70. The molecule has 0 N–H and O–H groups in total. The molecule has 0 aromatic rings. The summed E-state index contributed by atoms with van der Waals surface area (Å²) in [6.45, 7) is 15.6. The molecule has 0 amide bonds. The quantitative estimate of drug-likeness (QED) is 0.512. The van der Waals surface area contributed by atoms with Gasteiger partial charge in [-0.2, -0.15) is 0 Å². The molecule has 4 rings (SSSR count). The van der Waals surface area contributed by atoms with Gasteiger partial charge in [0.25, 0.3) is 0 Å². The van der Waals surface area contributed by atoms with Gasteiger partial charge in [0.15, 0.2) is 0 Å². The van der Waals surface area contributed by atoms with Gasteiger partial charge >= 0.3 is 0 Å². The summed E-state index contributed by atoms with van der Waals surface area (Å²) in [5, 5.41) is 0. The van der Waals surface area contributed by atoms with Crippen molar-refractivity contribution in [2.45, 2.75) is 84.7 Å². The van der Waals surface area contributed by atoms with E-state index in [1.165, 1.54) is 56.9 Å². The van der Waals surface area contributed by atoms with E-state index in [2.05, 4.69) is 40.0 Å². The number of rotatable bonds is 3. The molecule has 0 aromatic carbocycles. The first-order valence-electron chi connectivity index (χ1n) is 10.6. The van der Waals surface area contributed by atoms with Gasteiger partial charge in [-0.15, -0.1) is 0 Å². The van der Waals surface area contributed by atoms with Crippen molar-refractivity contribution in [2.24, 2.45) is 28.6 Å². The molecule has 0 radical (unpaired) electrons. The van der Waals surface area contributed by atoms with Crippen molar-refractivity contribution in [1.29, 1.82) is 0 Å². The minimum absolute atomic E-state index is 0.370. The van der Waals surface area contributed by atoms with Crippen LogP contribution in [-0.4, -0.2) is 6.10 Å². The Kier molecular flexibility index (Phi) is 4.21. The molecule has 4 aliphatic rings. The van der Waals surface area contributed by atoms with E-state index in [0.717, 1.165) is 29.9 Å². The molecule has 3 saturated carbocycles. The fourth-order valence-electron chi connectivity index (χ4n) is 7.08. The second kappa shape index (κ2) is 6.03. The SMILES string of the molecule is C=C1C=C2CCC3C(CCC4(C)C(OC(=C)CC)CCC34)C2(C)CC1. The summed E-state index contributed by atoms with van der Waals surface area (Å²) < 4.78 is 6.34. The molecule has 0 heterocycles. The lowest BCUT2D eigenvalue weighted by Gasteiger charge is -2.58. The van der Waals surface area contributed by atoms with Crippen LogP contribution < -0.4 is 0 Å². The fourth-order valence-corrected chi connectivity index (χ4v) is 7.08. The Labute approximate surface area is 154 Å². The average Bonchev–Trinajstić information content (AvgIpc) is 2.92. The average molecular weight is 341 g/mol. The molecule has 0 aliphatic heterocycles. The van der Waals surface area contributed by atoms with Gasteiger partial charge in [0.2, 0.25) is 0 Å². The molecule has 138 valence electrons. The summed E-state index contributed by atoms with van der Waals surface area (Å²) >= 11 is 0. The Balaban J connectivity index is 1.59. The lowest BCUT2D eigenvalue weighted by atomic mass is 9.47. The van der Waals surface area contributed by atoms with Crippen LogP contribution in [0.15, 0.2) is 36.1 Å². The Morgan fingerprint density at radius 3 is 2.68 bits per heavy atom. The van der Waals surface area contributed by atoms with E-state index in [1.807, 2.05) is 0 Å². The lowest BCUT2D eigenvalue weighted by Crippen LogP contribution is -2.51. The summed E-state index contributed by atoms with van der Waals surface area (Å²) in [5.74, 6) is 3.62. The second-order valence-electron chi connectivity index (χ2n) is 9.78. The molecule has 1 heteroatoms. The van der Waals surface area contributed by atoms with E-state index in [1.54, 1.807) is 5.57 Å². The number of fused-ring (bicyclic) bond motifs is 5. The van der Waals surface area contributed by atoms with E-state index < -0.39 is 0 Å². The normalized spacial score (nSPS) is 45.9. The number of allylic oxidation sites excluding steroid dienone is 4.